The van der Waals surface area contributed by atoms with Crippen LogP contribution < -0.4 is 45.7 Å². The Hall–Kier alpha value is -15.0. The Morgan fingerprint density at radius 3 is 0.938 bits per heavy atom. The van der Waals surface area contributed by atoms with Gasteiger partial charge in [-0.25, -0.2) is 18.3 Å². The predicted molar refractivity (Wildman–Crippen MR) is 530 cm³/mol. The second-order valence-corrected chi connectivity index (χ2v) is 34.8. The van der Waals surface area contributed by atoms with Gasteiger partial charge in [0.25, 0.3) is 11.4 Å². The molecule has 0 atom stereocenters. The van der Waals surface area contributed by atoms with E-state index in [-0.39, 0.29) is 0 Å². The van der Waals surface area contributed by atoms with Crippen LogP contribution in [0.5, 0.6) is 0 Å². The van der Waals surface area contributed by atoms with Gasteiger partial charge in [-0.15, -0.1) is 0 Å². The number of hydrogen-bond donors (Lipinski definition) is 0. The minimum Gasteiger partial charge on any atom is -0.201 e. The fourth-order valence-corrected chi connectivity index (χ4v) is 19.0. The second-order valence-electron chi connectivity index (χ2n) is 34.8. The van der Waals surface area contributed by atoms with Crippen molar-refractivity contribution >= 4 is 21.8 Å². The van der Waals surface area contributed by atoms with Crippen LogP contribution in [0.3, 0.4) is 0 Å². The van der Waals surface area contributed by atoms with Crippen LogP contribution in [-0.2, 0) is 76.9 Å². The molecule has 0 bridgehead atoms. The van der Waals surface area contributed by atoms with Crippen molar-refractivity contribution in [3.05, 3.63) is 432 Å². The summed E-state index contributed by atoms with van der Waals surface area (Å²) in [5.74, 6) is 0. The van der Waals surface area contributed by atoms with Gasteiger partial charge in [-0.2, -0.15) is 27.4 Å². The van der Waals surface area contributed by atoms with Crippen molar-refractivity contribution in [3.63, 3.8) is 0 Å². The molecule has 10 nitrogen and oxygen atoms in total. The lowest BCUT2D eigenvalue weighted by Crippen LogP contribution is -2.42. The van der Waals surface area contributed by atoms with Crippen LogP contribution in [0.1, 0.15) is 61.6 Å². The van der Waals surface area contributed by atoms with Gasteiger partial charge in [0.1, 0.15) is 70.5 Å². The first-order valence-electron chi connectivity index (χ1n) is 45.1. The molecular formula is C120H120N10+10. The van der Waals surface area contributed by atoms with E-state index in [9.17, 15) is 0 Å². The van der Waals surface area contributed by atoms with Crippen molar-refractivity contribution in [3.8, 4) is 135 Å². The maximum Gasteiger partial charge on any atom is 0.277 e. The molecule has 10 aromatic heterocycles. The maximum atomic E-state index is 2.38. The number of aromatic nitrogens is 10. The molecule has 0 amide bonds. The van der Waals surface area contributed by atoms with Crippen LogP contribution in [0.15, 0.2) is 371 Å². The monoisotopic (exact) mass is 1700 g/mol. The highest BCUT2D eigenvalue weighted by Crippen LogP contribution is 2.40. The lowest BCUT2D eigenvalue weighted by atomic mass is 9.95. The van der Waals surface area contributed by atoms with Crippen molar-refractivity contribution in [2.24, 2.45) is 70.5 Å². The van der Waals surface area contributed by atoms with Crippen LogP contribution in [0.25, 0.3) is 157 Å². The fourth-order valence-electron chi connectivity index (χ4n) is 19.0. The molecule has 0 fully saturated rings. The van der Waals surface area contributed by atoms with Crippen molar-refractivity contribution in [2.75, 3.05) is 0 Å². The Balaban J connectivity index is 0.000000120. The van der Waals surface area contributed by atoms with Gasteiger partial charge in [0.05, 0.1) is 6.42 Å². The summed E-state index contributed by atoms with van der Waals surface area (Å²) in [6.45, 7) is 19.7. The Kier molecular flexibility index (Phi) is 26.3. The lowest BCUT2D eigenvalue weighted by molar-refractivity contribution is -0.689. The van der Waals surface area contributed by atoms with Gasteiger partial charge < -0.3 is 0 Å². The van der Waals surface area contributed by atoms with Gasteiger partial charge in [0.2, 0.25) is 62.3 Å². The molecule has 0 aliphatic heterocycles. The number of nitrogens with zero attached hydrogens (tertiary/aromatic N) is 10. The molecule has 1 aliphatic rings. The van der Waals surface area contributed by atoms with Gasteiger partial charge in [0, 0.05) is 196 Å². The standard InChI is InChI=1S/C32H28N2.C25H26N2.C23H22N2.C21H24N2.C19H20N2/c1-22-10-7-8-13-26(22)29-14-9-15-30(33(29)2)31-19-18-28-27-17-16-24(23-11-5-4-6-12-23)20-25(27)21-32(28)34(31)3;1-17-15-18(2)26(4)25(16-17)22-11-8-10-21(19(22)3)24-14-13-20-9-6-7-12-23(20)27(24)5;1-17-19(22-13-6-7-16-24(22)2)10-8-11-20(17)23-15-14-18-9-4-5-12-21(18)25(23)3;1-15-13-16(2)23(5)21(14-15)19-10-8-9-18(17(19)3)20-11-6-7-12-22(20)4;1-15-16(18-11-4-6-13-20(18)2)9-8-10-17(15)19-12-5-7-14-21(19)3/h4-20H,21H2,1-3H3;6-16H,1-5H3;4-16H,1-3H3;6-14H,1-5H3;4-14H,1-3H3/q5*+2. The Morgan fingerprint density at radius 1 is 0.192 bits per heavy atom. The van der Waals surface area contributed by atoms with Crippen molar-refractivity contribution < 1.29 is 45.7 Å². The number of benzene rings is 9. The molecule has 130 heavy (non-hydrogen) atoms. The second kappa shape index (κ2) is 38.7. The largest absolute Gasteiger partial charge is 0.277 e. The van der Waals surface area contributed by atoms with Crippen molar-refractivity contribution in [1.29, 1.82) is 0 Å². The van der Waals surface area contributed by atoms with E-state index in [1.165, 1.54) is 218 Å². The first kappa shape index (κ1) is 88.4. The number of rotatable bonds is 11. The Labute approximate surface area is 768 Å². The van der Waals surface area contributed by atoms with Gasteiger partial charge in [-0.1, -0.05) is 109 Å². The van der Waals surface area contributed by atoms with E-state index >= 15 is 0 Å². The van der Waals surface area contributed by atoms with Crippen LogP contribution in [0, 0.1) is 62.3 Å². The zero-order chi connectivity index (χ0) is 91.1. The van der Waals surface area contributed by atoms with Crippen molar-refractivity contribution in [1.82, 2.24) is 0 Å². The molecule has 10 heterocycles. The average Bonchev–Trinajstić information content (AvgIpc) is 1.50. The average molecular weight is 1700 g/mol. The summed E-state index contributed by atoms with van der Waals surface area (Å²) in [5.41, 5.74) is 47.3. The van der Waals surface area contributed by atoms with Crippen LogP contribution in [0.4, 0.5) is 0 Å². The zero-order valence-corrected chi connectivity index (χ0v) is 78.9. The SMILES string of the molecule is Cc1c(-c2cccc[n+]2C)cccc1-c1ccc2ccccc2[n+]1C.Cc1c(-c2cccc[n+]2C)cccc1-c1cccc[n+]1C.Cc1cc(C)[n+](C)c(-c2cccc(-c3ccc4ccccc4[n+]3C)c2C)c1.Cc1cc(C)[n+](C)c(-c2cccc(-c3cccc[n+]3C)c2C)c1.Cc1ccccc1-c1cccc(-c2ccc3c([n+]2C)Cc2cc(-c4ccccc4)ccc2-3)[n+]1C. The maximum absolute atomic E-state index is 2.38. The molecule has 0 spiro atoms. The quantitative estimate of drug-likeness (QED) is 0.116. The fraction of sp³-hybridized carbons (Fsp3) is 0.167. The number of fused-ring (bicyclic) bond motifs is 5. The smallest absolute Gasteiger partial charge is 0.201 e. The number of hydrogen-bond acceptors (Lipinski definition) is 0. The molecule has 1 aliphatic carbocycles. The third kappa shape index (κ3) is 18.1. The molecule has 0 saturated heterocycles. The number of para-hydroxylation sites is 2. The summed E-state index contributed by atoms with van der Waals surface area (Å²) in [6.07, 6.45) is 9.32. The predicted octanol–water partition coefficient (Wildman–Crippen LogP) is 21.7. The third-order valence-electron chi connectivity index (χ3n) is 26.6. The van der Waals surface area contributed by atoms with E-state index < -0.39 is 0 Å². The van der Waals surface area contributed by atoms with Crippen molar-refractivity contribution in [2.45, 2.75) is 68.7 Å². The topological polar surface area (TPSA) is 38.8 Å². The third-order valence-corrected chi connectivity index (χ3v) is 26.6. The summed E-state index contributed by atoms with van der Waals surface area (Å²) in [5, 5.41) is 2.52. The van der Waals surface area contributed by atoms with E-state index in [0.29, 0.717) is 0 Å². The minimum atomic E-state index is 0.955. The highest BCUT2D eigenvalue weighted by molar-refractivity contribution is 5.84. The molecule has 0 radical (unpaired) electrons. The molecule has 0 N–H and O–H groups in total. The highest BCUT2D eigenvalue weighted by Gasteiger charge is 2.33. The molecule has 10 heteroatoms. The highest BCUT2D eigenvalue weighted by atomic mass is 15.0. The summed E-state index contributed by atoms with van der Waals surface area (Å²) in [7, 11) is 21.3. The number of aryl methyl sites for hydroxylation is 11. The minimum absolute atomic E-state index is 0.955. The normalized spacial score (nSPS) is 11.2. The van der Waals surface area contributed by atoms with E-state index in [4.69, 9.17) is 0 Å². The van der Waals surface area contributed by atoms with Gasteiger partial charge >= 0.3 is 0 Å². The molecule has 9 aromatic carbocycles. The Bertz CT molecular complexity index is 7440. The summed E-state index contributed by atoms with van der Waals surface area (Å²) >= 11 is 0. The zero-order valence-electron chi connectivity index (χ0n) is 78.9. The molecule has 640 valence electrons. The van der Waals surface area contributed by atoms with Crippen LogP contribution in [-0.4, -0.2) is 0 Å². The summed E-state index contributed by atoms with van der Waals surface area (Å²) in [6, 6.07) is 124. The van der Waals surface area contributed by atoms with E-state index in [1.54, 1.807) is 0 Å². The van der Waals surface area contributed by atoms with Crippen LogP contribution in [0.2, 0.25) is 0 Å². The summed E-state index contributed by atoms with van der Waals surface area (Å²) in [4.78, 5) is 0. The summed E-state index contributed by atoms with van der Waals surface area (Å²) < 4.78 is 22.5. The first-order valence-corrected chi connectivity index (χ1v) is 45.1. The van der Waals surface area contributed by atoms with E-state index in [2.05, 4.69) is 549 Å². The van der Waals surface area contributed by atoms with Gasteiger partial charge in [-0.3, -0.25) is 0 Å². The van der Waals surface area contributed by atoms with Gasteiger partial charge in [-0.05, 0) is 231 Å². The Morgan fingerprint density at radius 2 is 0.515 bits per heavy atom. The molecule has 19 aromatic rings. The molecule has 0 unspecified atom stereocenters. The molecular weight excluding hydrogens is 1580 g/mol. The van der Waals surface area contributed by atoms with E-state index in [1.807, 2.05) is 0 Å². The van der Waals surface area contributed by atoms with Gasteiger partial charge in [0.15, 0.2) is 41.9 Å². The van der Waals surface area contributed by atoms with E-state index in [0.717, 1.165) is 6.42 Å². The lowest BCUT2D eigenvalue weighted by Gasteiger charge is -2.11. The number of pyridine rings is 10. The molecule has 20 rings (SSSR count). The molecule has 0 saturated carbocycles. The van der Waals surface area contributed by atoms with Crippen LogP contribution >= 0.6 is 0 Å². The first-order chi connectivity index (χ1) is 62.9.